The van der Waals surface area contributed by atoms with Crippen molar-refractivity contribution in [2.45, 2.75) is 31.1 Å². The van der Waals surface area contributed by atoms with Gasteiger partial charge >= 0.3 is 5.97 Å². The Morgan fingerprint density at radius 3 is 2.32 bits per heavy atom. The van der Waals surface area contributed by atoms with Gasteiger partial charge in [-0.1, -0.05) is 61.5 Å². The summed E-state index contributed by atoms with van der Waals surface area (Å²) in [4.78, 5) is 13.3. The number of allylic oxidation sites excluding steroid dienone is 1. The first kappa shape index (κ1) is 16.4. The molecular formula is C19H20O2S. The van der Waals surface area contributed by atoms with Crippen LogP contribution >= 0.6 is 11.8 Å². The maximum atomic E-state index is 12.2. The summed E-state index contributed by atoms with van der Waals surface area (Å²) in [5.74, 6) is 0.432. The molecule has 0 bridgehead atoms. The van der Waals surface area contributed by atoms with Gasteiger partial charge in [0.15, 0.2) is 0 Å². The summed E-state index contributed by atoms with van der Waals surface area (Å²) >= 11 is 1.58. The SMILES string of the molecule is CCCC/C(=C\Sc1ccccc1)OC(=O)c1ccccc1. The Kier molecular flexibility index (Phi) is 6.78. The van der Waals surface area contributed by atoms with E-state index in [1.54, 1.807) is 23.9 Å². The number of rotatable bonds is 7. The topological polar surface area (TPSA) is 26.3 Å². The highest BCUT2D eigenvalue weighted by atomic mass is 32.2. The molecule has 0 unspecified atom stereocenters. The van der Waals surface area contributed by atoms with Gasteiger partial charge in [-0.05, 0) is 30.7 Å². The largest absolute Gasteiger partial charge is 0.427 e. The summed E-state index contributed by atoms with van der Waals surface area (Å²) in [6.45, 7) is 2.13. The maximum absolute atomic E-state index is 12.2. The number of hydrogen-bond acceptors (Lipinski definition) is 3. The third kappa shape index (κ3) is 5.41. The van der Waals surface area contributed by atoms with Crippen molar-refractivity contribution in [2.24, 2.45) is 0 Å². The highest BCUT2D eigenvalue weighted by Gasteiger charge is 2.09. The van der Waals surface area contributed by atoms with Crippen molar-refractivity contribution in [1.82, 2.24) is 0 Å². The van der Waals surface area contributed by atoms with Crippen LogP contribution in [-0.2, 0) is 4.74 Å². The van der Waals surface area contributed by atoms with Crippen molar-refractivity contribution in [1.29, 1.82) is 0 Å². The zero-order chi connectivity index (χ0) is 15.6. The number of hydrogen-bond donors (Lipinski definition) is 0. The second kappa shape index (κ2) is 9.11. The molecule has 2 rings (SSSR count). The van der Waals surface area contributed by atoms with E-state index in [2.05, 4.69) is 6.92 Å². The second-order valence-electron chi connectivity index (χ2n) is 4.87. The fraction of sp³-hybridized carbons (Fsp3) is 0.211. The summed E-state index contributed by atoms with van der Waals surface area (Å²) in [6, 6.07) is 19.2. The average molecular weight is 312 g/mol. The minimum absolute atomic E-state index is 0.295. The van der Waals surface area contributed by atoms with Crippen molar-refractivity contribution in [3.8, 4) is 0 Å². The van der Waals surface area contributed by atoms with Crippen LogP contribution in [0.2, 0.25) is 0 Å². The molecule has 0 atom stereocenters. The van der Waals surface area contributed by atoms with Gasteiger partial charge in [0.05, 0.1) is 5.56 Å². The summed E-state index contributed by atoms with van der Waals surface area (Å²) in [7, 11) is 0. The Morgan fingerprint density at radius 2 is 1.68 bits per heavy atom. The fourth-order valence-electron chi connectivity index (χ4n) is 1.87. The molecule has 0 aromatic heterocycles. The van der Waals surface area contributed by atoms with Gasteiger partial charge in [0.2, 0.25) is 0 Å². The molecule has 22 heavy (non-hydrogen) atoms. The first-order valence-corrected chi connectivity index (χ1v) is 8.35. The zero-order valence-corrected chi connectivity index (χ0v) is 13.5. The van der Waals surface area contributed by atoms with Crippen molar-refractivity contribution in [3.63, 3.8) is 0 Å². The minimum atomic E-state index is -0.295. The van der Waals surface area contributed by atoms with E-state index in [0.29, 0.717) is 5.56 Å². The van der Waals surface area contributed by atoms with Crippen LogP contribution in [0, 0.1) is 0 Å². The van der Waals surface area contributed by atoms with Gasteiger partial charge in [0.1, 0.15) is 5.76 Å². The normalized spacial score (nSPS) is 11.2. The molecule has 0 aliphatic carbocycles. The maximum Gasteiger partial charge on any atom is 0.343 e. The highest BCUT2D eigenvalue weighted by Crippen LogP contribution is 2.23. The molecule has 0 saturated heterocycles. The first-order valence-electron chi connectivity index (χ1n) is 7.47. The van der Waals surface area contributed by atoms with Gasteiger partial charge in [-0.2, -0.15) is 0 Å². The lowest BCUT2D eigenvalue weighted by Crippen LogP contribution is -2.04. The second-order valence-corrected chi connectivity index (χ2v) is 5.82. The number of carbonyl (C=O) groups excluding carboxylic acids is 1. The smallest absolute Gasteiger partial charge is 0.343 e. The standard InChI is InChI=1S/C19H20O2S/c1-2-3-12-17(15-22-18-13-8-5-9-14-18)21-19(20)16-10-6-4-7-11-16/h4-11,13-15H,2-3,12H2,1H3/b17-15+. The lowest BCUT2D eigenvalue weighted by molar-refractivity contribution is 0.0614. The van der Waals surface area contributed by atoms with E-state index in [1.165, 1.54) is 0 Å². The molecular weight excluding hydrogens is 292 g/mol. The number of benzene rings is 2. The molecule has 3 heteroatoms. The van der Waals surface area contributed by atoms with Gasteiger partial charge < -0.3 is 4.74 Å². The molecule has 0 spiro atoms. The first-order chi connectivity index (χ1) is 10.8. The number of carbonyl (C=O) groups is 1. The molecule has 0 radical (unpaired) electrons. The third-order valence-corrected chi connectivity index (χ3v) is 4.00. The molecule has 0 heterocycles. The van der Waals surface area contributed by atoms with Crippen molar-refractivity contribution in [3.05, 3.63) is 77.4 Å². The molecule has 0 aliphatic heterocycles. The van der Waals surface area contributed by atoms with Crippen LogP contribution in [0.25, 0.3) is 0 Å². The van der Waals surface area contributed by atoms with Crippen LogP contribution in [0.15, 0.2) is 76.7 Å². The summed E-state index contributed by atoms with van der Waals surface area (Å²) < 4.78 is 5.56. The van der Waals surface area contributed by atoms with E-state index < -0.39 is 0 Å². The average Bonchev–Trinajstić information content (AvgIpc) is 2.59. The Bertz CT molecular complexity index is 606. The molecule has 0 amide bonds. The Balaban J connectivity index is 2.04. The lowest BCUT2D eigenvalue weighted by Gasteiger charge is -2.08. The van der Waals surface area contributed by atoms with Gasteiger partial charge in [0.25, 0.3) is 0 Å². The molecule has 0 saturated carbocycles. The van der Waals surface area contributed by atoms with Crippen LogP contribution in [0.3, 0.4) is 0 Å². The van der Waals surface area contributed by atoms with Crippen molar-refractivity contribution in [2.75, 3.05) is 0 Å². The monoisotopic (exact) mass is 312 g/mol. The van der Waals surface area contributed by atoms with Crippen LogP contribution in [0.4, 0.5) is 0 Å². The van der Waals surface area contributed by atoms with Gasteiger partial charge in [-0.15, -0.1) is 0 Å². The molecule has 0 N–H and O–H groups in total. The molecule has 2 nitrogen and oxygen atoms in total. The number of thioether (sulfide) groups is 1. The van der Waals surface area contributed by atoms with Gasteiger partial charge in [-0.25, -0.2) is 4.79 Å². The number of ether oxygens (including phenoxy) is 1. The van der Waals surface area contributed by atoms with Crippen molar-refractivity contribution < 1.29 is 9.53 Å². The Labute approximate surface area is 136 Å². The van der Waals surface area contributed by atoms with Crippen LogP contribution in [-0.4, -0.2) is 5.97 Å². The number of esters is 1. The van der Waals surface area contributed by atoms with E-state index >= 15 is 0 Å². The van der Waals surface area contributed by atoms with Crippen LogP contribution in [0.1, 0.15) is 36.5 Å². The summed E-state index contributed by atoms with van der Waals surface area (Å²) in [6.07, 6.45) is 2.84. The van der Waals surface area contributed by atoms with E-state index in [0.717, 1.165) is 29.9 Å². The molecule has 114 valence electrons. The molecule has 2 aromatic rings. The summed E-state index contributed by atoms with van der Waals surface area (Å²) in [5.41, 5.74) is 0.578. The predicted octanol–water partition coefficient (Wildman–Crippen LogP) is 5.67. The third-order valence-electron chi connectivity index (χ3n) is 3.08. The van der Waals surface area contributed by atoms with Gasteiger partial charge in [-0.3, -0.25) is 0 Å². The van der Waals surface area contributed by atoms with E-state index in [-0.39, 0.29) is 5.97 Å². The van der Waals surface area contributed by atoms with Gasteiger partial charge in [0, 0.05) is 16.7 Å². The Morgan fingerprint density at radius 1 is 1.05 bits per heavy atom. The molecule has 0 aliphatic rings. The summed E-state index contributed by atoms with van der Waals surface area (Å²) in [5, 5.41) is 1.94. The quantitative estimate of drug-likeness (QED) is 0.374. The Hall–Kier alpha value is -2.00. The van der Waals surface area contributed by atoms with E-state index in [1.807, 2.05) is 53.9 Å². The van der Waals surface area contributed by atoms with Crippen molar-refractivity contribution >= 4 is 17.7 Å². The van der Waals surface area contributed by atoms with Crippen LogP contribution in [0.5, 0.6) is 0 Å². The predicted molar refractivity (Wildman–Crippen MR) is 91.8 cm³/mol. The lowest BCUT2D eigenvalue weighted by atomic mass is 10.2. The zero-order valence-electron chi connectivity index (χ0n) is 12.7. The minimum Gasteiger partial charge on any atom is -0.427 e. The van der Waals surface area contributed by atoms with Crippen LogP contribution < -0.4 is 0 Å². The molecule has 2 aromatic carbocycles. The number of unbranched alkanes of at least 4 members (excludes halogenated alkanes) is 1. The molecule has 0 fully saturated rings. The fourth-order valence-corrected chi connectivity index (χ4v) is 2.62. The van der Waals surface area contributed by atoms with E-state index in [4.69, 9.17) is 4.74 Å². The highest BCUT2D eigenvalue weighted by molar-refractivity contribution is 8.02. The van der Waals surface area contributed by atoms with E-state index in [9.17, 15) is 4.79 Å².